The van der Waals surface area contributed by atoms with Crippen LogP contribution in [0.1, 0.15) is 30.5 Å². The molecule has 0 spiro atoms. The molecule has 150 valence electrons. The molecule has 1 N–H and O–H groups in total. The van der Waals surface area contributed by atoms with E-state index in [1.165, 1.54) is 0 Å². The van der Waals surface area contributed by atoms with Gasteiger partial charge in [0.15, 0.2) is 0 Å². The molecule has 0 atom stereocenters. The lowest BCUT2D eigenvalue weighted by Crippen LogP contribution is -2.43. The predicted octanol–water partition coefficient (Wildman–Crippen LogP) is 1.92. The number of nitrogens with one attached hydrogen (secondary N) is 1. The molecule has 2 aromatic rings. The maximum Gasteiger partial charge on any atom is 0.223 e. The Morgan fingerprint density at radius 3 is 2.50 bits per heavy atom. The molecule has 1 aliphatic heterocycles. The second kappa shape index (κ2) is 9.39. The molecule has 0 unspecified atom stereocenters. The molecule has 7 nitrogen and oxygen atoms in total. The zero-order valence-corrected chi connectivity index (χ0v) is 16.6. The Morgan fingerprint density at radius 1 is 1.18 bits per heavy atom. The van der Waals surface area contributed by atoms with Gasteiger partial charge in [-0.25, -0.2) is 0 Å². The topological polar surface area (TPSA) is 76.5 Å². The summed E-state index contributed by atoms with van der Waals surface area (Å²) in [4.78, 5) is 26.7. The molecule has 1 saturated heterocycles. The number of methoxy groups -OCH3 is 1. The van der Waals surface area contributed by atoms with Gasteiger partial charge in [0.2, 0.25) is 11.8 Å². The van der Waals surface area contributed by atoms with Crippen LogP contribution in [0.5, 0.6) is 5.75 Å². The fourth-order valence-electron chi connectivity index (χ4n) is 3.51. The van der Waals surface area contributed by atoms with Crippen molar-refractivity contribution < 1.29 is 14.3 Å². The van der Waals surface area contributed by atoms with Crippen molar-refractivity contribution in [2.24, 2.45) is 13.0 Å². The maximum atomic E-state index is 12.4. The molecule has 1 aromatic carbocycles. The van der Waals surface area contributed by atoms with Crippen molar-refractivity contribution in [2.45, 2.75) is 32.2 Å². The lowest BCUT2D eigenvalue weighted by Gasteiger charge is -2.31. The molecule has 0 saturated carbocycles. The van der Waals surface area contributed by atoms with Crippen molar-refractivity contribution in [3.63, 3.8) is 0 Å². The Kier molecular flexibility index (Phi) is 6.68. The Hall–Kier alpha value is -2.83. The number of hydrogen-bond donors (Lipinski definition) is 1. The van der Waals surface area contributed by atoms with Crippen LogP contribution in [0.25, 0.3) is 0 Å². The molecule has 2 heterocycles. The zero-order valence-electron chi connectivity index (χ0n) is 16.6. The molecule has 1 fully saturated rings. The van der Waals surface area contributed by atoms with Crippen LogP contribution in [-0.4, -0.2) is 46.7 Å². The molecule has 2 amide bonds. The van der Waals surface area contributed by atoms with Crippen molar-refractivity contribution >= 4 is 11.8 Å². The standard InChI is InChI=1S/C21H28N4O3/c1-24-18(9-12-23-24)5-8-20(26)25-13-10-17(11-14-25)21(27)22-15-16-3-6-19(28-2)7-4-16/h3-4,6-7,9,12,17H,5,8,10-11,13-15H2,1-2H3,(H,22,27). The van der Waals surface area contributed by atoms with Crippen LogP contribution < -0.4 is 10.1 Å². The van der Waals surface area contributed by atoms with E-state index in [1.54, 1.807) is 18.0 Å². The minimum Gasteiger partial charge on any atom is -0.497 e. The fraction of sp³-hybridized carbons (Fsp3) is 0.476. The van der Waals surface area contributed by atoms with E-state index in [9.17, 15) is 9.59 Å². The molecule has 0 aliphatic carbocycles. The normalized spacial score (nSPS) is 14.7. The van der Waals surface area contributed by atoms with Gasteiger partial charge in [0.05, 0.1) is 7.11 Å². The molecule has 3 rings (SSSR count). The molecule has 1 aliphatic rings. The van der Waals surface area contributed by atoms with Gasteiger partial charge in [-0.05, 0) is 43.0 Å². The molecule has 0 bridgehead atoms. The van der Waals surface area contributed by atoms with Crippen molar-refractivity contribution in [2.75, 3.05) is 20.2 Å². The van der Waals surface area contributed by atoms with Crippen molar-refractivity contribution in [3.05, 3.63) is 47.8 Å². The van der Waals surface area contributed by atoms with E-state index >= 15 is 0 Å². The van der Waals surface area contributed by atoms with E-state index in [0.29, 0.717) is 45.3 Å². The highest BCUT2D eigenvalue weighted by Gasteiger charge is 2.27. The van der Waals surface area contributed by atoms with Gasteiger partial charge in [-0.15, -0.1) is 0 Å². The van der Waals surface area contributed by atoms with Gasteiger partial charge in [-0.3, -0.25) is 14.3 Å². The van der Waals surface area contributed by atoms with Crippen molar-refractivity contribution in [1.29, 1.82) is 0 Å². The predicted molar refractivity (Wildman–Crippen MR) is 106 cm³/mol. The lowest BCUT2D eigenvalue weighted by atomic mass is 9.95. The van der Waals surface area contributed by atoms with E-state index in [-0.39, 0.29) is 17.7 Å². The number of benzene rings is 1. The van der Waals surface area contributed by atoms with Gasteiger partial charge >= 0.3 is 0 Å². The Balaban J connectivity index is 1.39. The second-order valence-electron chi connectivity index (χ2n) is 7.17. The zero-order chi connectivity index (χ0) is 19.9. The lowest BCUT2D eigenvalue weighted by molar-refractivity contribution is -0.135. The number of piperidine rings is 1. The average Bonchev–Trinajstić information content (AvgIpc) is 3.15. The first-order valence-electron chi connectivity index (χ1n) is 9.72. The van der Waals surface area contributed by atoms with Crippen LogP contribution in [-0.2, 0) is 29.6 Å². The summed E-state index contributed by atoms with van der Waals surface area (Å²) >= 11 is 0. The van der Waals surface area contributed by atoms with Crippen molar-refractivity contribution in [1.82, 2.24) is 20.0 Å². The summed E-state index contributed by atoms with van der Waals surface area (Å²) in [5.74, 6) is 0.992. The van der Waals surface area contributed by atoms with E-state index in [4.69, 9.17) is 4.74 Å². The SMILES string of the molecule is COc1ccc(CNC(=O)C2CCN(C(=O)CCc3ccnn3C)CC2)cc1. The Morgan fingerprint density at radius 2 is 1.89 bits per heavy atom. The molecular weight excluding hydrogens is 356 g/mol. The molecule has 1 aromatic heterocycles. The summed E-state index contributed by atoms with van der Waals surface area (Å²) in [7, 11) is 3.52. The number of nitrogens with zero attached hydrogens (tertiary/aromatic N) is 3. The first-order valence-corrected chi connectivity index (χ1v) is 9.72. The first kappa shape index (κ1) is 19.9. The third kappa shape index (κ3) is 5.12. The summed E-state index contributed by atoms with van der Waals surface area (Å²) in [6.07, 6.45) is 4.35. The van der Waals surface area contributed by atoms with E-state index in [1.807, 2.05) is 42.3 Å². The number of carbonyl (C=O) groups excluding carboxylic acids is 2. The minimum absolute atomic E-state index is 0.0284. The number of rotatable bonds is 7. The van der Waals surface area contributed by atoms with Crippen LogP contribution in [0.3, 0.4) is 0 Å². The third-order valence-corrected chi connectivity index (χ3v) is 5.36. The van der Waals surface area contributed by atoms with E-state index < -0.39 is 0 Å². The number of aromatic nitrogens is 2. The monoisotopic (exact) mass is 384 g/mol. The molecule has 0 radical (unpaired) electrons. The fourth-order valence-corrected chi connectivity index (χ4v) is 3.51. The van der Waals surface area contributed by atoms with Gasteiger partial charge in [0.1, 0.15) is 5.75 Å². The van der Waals surface area contributed by atoms with Crippen molar-refractivity contribution in [3.8, 4) is 5.75 Å². The first-order chi connectivity index (χ1) is 13.6. The number of carbonyl (C=O) groups is 2. The van der Waals surface area contributed by atoms with Gasteiger partial charge in [-0.1, -0.05) is 12.1 Å². The van der Waals surface area contributed by atoms with Gasteiger partial charge < -0.3 is 15.0 Å². The summed E-state index contributed by atoms with van der Waals surface area (Å²) < 4.78 is 6.94. The number of aryl methyl sites for hydroxylation is 2. The summed E-state index contributed by atoms with van der Waals surface area (Å²) in [5, 5.41) is 7.13. The number of likely N-dealkylation sites (tertiary alicyclic amines) is 1. The minimum atomic E-state index is -0.0284. The maximum absolute atomic E-state index is 12.4. The van der Waals surface area contributed by atoms with Crippen LogP contribution >= 0.6 is 0 Å². The summed E-state index contributed by atoms with van der Waals surface area (Å²) in [5.41, 5.74) is 2.10. The summed E-state index contributed by atoms with van der Waals surface area (Å²) in [6, 6.07) is 9.60. The van der Waals surface area contributed by atoms with Crippen LogP contribution in [0, 0.1) is 5.92 Å². The van der Waals surface area contributed by atoms with Crippen LogP contribution in [0.4, 0.5) is 0 Å². The number of ether oxygens (including phenoxy) is 1. The highest BCUT2D eigenvalue weighted by Crippen LogP contribution is 2.19. The van der Waals surface area contributed by atoms with E-state index in [2.05, 4.69) is 10.4 Å². The average molecular weight is 384 g/mol. The Bertz CT molecular complexity index is 792. The van der Waals surface area contributed by atoms with Gasteiger partial charge in [0, 0.05) is 50.9 Å². The van der Waals surface area contributed by atoms with Crippen LogP contribution in [0.15, 0.2) is 36.5 Å². The smallest absolute Gasteiger partial charge is 0.223 e. The largest absolute Gasteiger partial charge is 0.497 e. The summed E-state index contributed by atoms with van der Waals surface area (Å²) in [6.45, 7) is 1.79. The highest BCUT2D eigenvalue weighted by atomic mass is 16.5. The number of hydrogen-bond acceptors (Lipinski definition) is 4. The molecule has 28 heavy (non-hydrogen) atoms. The third-order valence-electron chi connectivity index (χ3n) is 5.36. The molecule has 7 heteroatoms. The quantitative estimate of drug-likeness (QED) is 0.791. The number of amides is 2. The highest BCUT2D eigenvalue weighted by molar-refractivity contribution is 5.80. The molecular formula is C21H28N4O3. The van der Waals surface area contributed by atoms with Gasteiger partial charge in [-0.2, -0.15) is 5.10 Å². The second-order valence-corrected chi connectivity index (χ2v) is 7.17. The van der Waals surface area contributed by atoms with Gasteiger partial charge in [0.25, 0.3) is 0 Å². The van der Waals surface area contributed by atoms with Crippen LogP contribution in [0.2, 0.25) is 0 Å². The Labute approximate surface area is 165 Å². The van der Waals surface area contributed by atoms with E-state index in [0.717, 1.165) is 17.0 Å².